The molecule has 3 aromatic rings. The van der Waals surface area contributed by atoms with Gasteiger partial charge in [0.05, 0.1) is 6.04 Å². The highest BCUT2D eigenvalue weighted by Gasteiger charge is 2.19. The van der Waals surface area contributed by atoms with Crippen LogP contribution in [-0.2, 0) is 0 Å². The van der Waals surface area contributed by atoms with E-state index < -0.39 is 0 Å². The lowest BCUT2D eigenvalue weighted by atomic mass is 9.97. The van der Waals surface area contributed by atoms with Gasteiger partial charge in [-0.1, -0.05) is 53.2 Å². The molecule has 0 saturated carbocycles. The molecule has 21 heavy (non-hydrogen) atoms. The van der Waals surface area contributed by atoms with Crippen molar-refractivity contribution in [2.24, 2.45) is 0 Å². The third-order valence-corrected chi connectivity index (χ3v) is 5.37. The van der Waals surface area contributed by atoms with Crippen LogP contribution in [0.1, 0.15) is 29.7 Å². The summed E-state index contributed by atoms with van der Waals surface area (Å²) >= 11 is 5.55. The largest absolute Gasteiger partial charge is 0.306 e. The predicted molar refractivity (Wildman–Crippen MR) is 96.2 cm³/mol. The topological polar surface area (TPSA) is 12.0 Å². The molecule has 0 spiro atoms. The van der Waals surface area contributed by atoms with Gasteiger partial charge in [0.2, 0.25) is 0 Å². The molecule has 1 nitrogen and oxygen atoms in total. The fourth-order valence-corrected chi connectivity index (χ4v) is 4.39. The lowest BCUT2D eigenvalue weighted by molar-refractivity contribution is 0.633. The summed E-state index contributed by atoms with van der Waals surface area (Å²) in [4.78, 5) is 0. The highest BCUT2D eigenvalue weighted by atomic mass is 79.9. The van der Waals surface area contributed by atoms with Gasteiger partial charge in [0.25, 0.3) is 0 Å². The molecule has 0 bridgehead atoms. The maximum Gasteiger partial charge on any atom is 0.0602 e. The summed E-state index contributed by atoms with van der Waals surface area (Å²) in [5.74, 6) is 0. The first-order chi connectivity index (χ1) is 10.2. The van der Waals surface area contributed by atoms with Gasteiger partial charge in [-0.15, -0.1) is 11.3 Å². The monoisotopic (exact) mass is 359 g/mol. The first kappa shape index (κ1) is 14.8. The second kappa shape index (κ2) is 6.30. The third kappa shape index (κ3) is 2.91. The Kier molecular flexibility index (Phi) is 4.43. The van der Waals surface area contributed by atoms with Gasteiger partial charge in [0.1, 0.15) is 0 Å². The zero-order valence-electron chi connectivity index (χ0n) is 12.2. The number of rotatable bonds is 4. The van der Waals surface area contributed by atoms with Crippen LogP contribution in [0.5, 0.6) is 0 Å². The van der Waals surface area contributed by atoms with Crippen molar-refractivity contribution >= 4 is 37.4 Å². The molecule has 0 radical (unpaired) electrons. The van der Waals surface area contributed by atoms with Crippen molar-refractivity contribution < 1.29 is 0 Å². The Hall–Kier alpha value is -1.16. The Balaban J connectivity index is 2.13. The standard InChI is InChI=1S/C18H18BrNS/c1-3-20-18(14-9-8-12(2)10-16(14)19)15-11-21-17-7-5-4-6-13(15)17/h4-11,18,20H,3H2,1-2H3. The first-order valence-corrected chi connectivity index (χ1v) is 8.83. The zero-order valence-corrected chi connectivity index (χ0v) is 14.6. The maximum atomic E-state index is 3.73. The van der Waals surface area contributed by atoms with Gasteiger partial charge in [-0.05, 0) is 53.1 Å². The summed E-state index contributed by atoms with van der Waals surface area (Å²) in [6.45, 7) is 5.22. The number of thiophene rings is 1. The SMILES string of the molecule is CCNC(c1ccc(C)cc1Br)c1csc2ccccc12. The Labute approximate surface area is 138 Å². The average molecular weight is 360 g/mol. The van der Waals surface area contributed by atoms with Crippen LogP contribution in [-0.4, -0.2) is 6.54 Å². The van der Waals surface area contributed by atoms with E-state index in [2.05, 4.69) is 82.9 Å². The quantitative estimate of drug-likeness (QED) is 0.632. The van der Waals surface area contributed by atoms with E-state index in [0.717, 1.165) is 6.54 Å². The van der Waals surface area contributed by atoms with Crippen LogP contribution in [0.25, 0.3) is 10.1 Å². The molecule has 1 aromatic heterocycles. The van der Waals surface area contributed by atoms with E-state index in [1.54, 1.807) is 0 Å². The molecule has 108 valence electrons. The Morgan fingerprint density at radius 2 is 1.95 bits per heavy atom. The molecule has 0 fully saturated rings. The number of aryl methyl sites for hydroxylation is 1. The molecule has 1 N–H and O–H groups in total. The number of fused-ring (bicyclic) bond motifs is 1. The summed E-state index contributed by atoms with van der Waals surface area (Å²) in [7, 11) is 0. The molecule has 3 rings (SSSR count). The van der Waals surface area contributed by atoms with Crippen LogP contribution in [0.3, 0.4) is 0 Å². The minimum atomic E-state index is 0.223. The van der Waals surface area contributed by atoms with Crippen molar-refractivity contribution in [3.05, 3.63) is 69.0 Å². The van der Waals surface area contributed by atoms with Gasteiger partial charge in [0, 0.05) is 9.17 Å². The molecular formula is C18H18BrNS. The van der Waals surface area contributed by atoms with Crippen LogP contribution in [0.2, 0.25) is 0 Å². The Morgan fingerprint density at radius 3 is 2.71 bits per heavy atom. The van der Waals surface area contributed by atoms with E-state index in [1.807, 2.05) is 11.3 Å². The van der Waals surface area contributed by atoms with Gasteiger partial charge in [-0.3, -0.25) is 0 Å². The Morgan fingerprint density at radius 1 is 1.14 bits per heavy atom. The molecule has 0 saturated heterocycles. The molecule has 0 aliphatic rings. The molecule has 1 unspecified atom stereocenters. The van der Waals surface area contributed by atoms with Crippen LogP contribution in [0.15, 0.2) is 52.3 Å². The molecule has 0 aliphatic carbocycles. The van der Waals surface area contributed by atoms with Crippen molar-refractivity contribution in [1.29, 1.82) is 0 Å². The van der Waals surface area contributed by atoms with Crippen molar-refractivity contribution in [3.8, 4) is 0 Å². The molecule has 3 heteroatoms. The molecule has 0 aliphatic heterocycles. The fraction of sp³-hybridized carbons (Fsp3) is 0.222. The van der Waals surface area contributed by atoms with E-state index in [-0.39, 0.29) is 6.04 Å². The van der Waals surface area contributed by atoms with Gasteiger partial charge < -0.3 is 5.32 Å². The molecule has 2 aromatic carbocycles. The van der Waals surface area contributed by atoms with Gasteiger partial charge in [-0.2, -0.15) is 0 Å². The lowest BCUT2D eigenvalue weighted by Crippen LogP contribution is -2.22. The summed E-state index contributed by atoms with van der Waals surface area (Å²) in [5.41, 5.74) is 3.93. The number of benzene rings is 2. The summed E-state index contributed by atoms with van der Waals surface area (Å²) in [6.07, 6.45) is 0. The molecule has 1 atom stereocenters. The first-order valence-electron chi connectivity index (χ1n) is 7.16. The summed E-state index contributed by atoms with van der Waals surface area (Å²) in [6, 6.07) is 15.4. The third-order valence-electron chi connectivity index (χ3n) is 3.70. The van der Waals surface area contributed by atoms with E-state index in [9.17, 15) is 0 Å². The number of hydrogen-bond acceptors (Lipinski definition) is 2. The average Bonchev–Trinajstić information content (AvgIpc) is 2.89. The van der Waals surface area contributed by atoms with Gasteiger partial charge >= 0.3 is 0 Å². The van der Waals surface area contributed by atoms with Crippen molar-refractivity contribution in [2.45, 2.75) is 19.9 Å². The second-order valence-electron chi connectivity index (χ2n) is 5.20. The van der Waals surface area contributed by atoms with Crippen LogP contribution >= 0.6 is 27.3 Å². The van der Waals surface area contributed by atoms with Gasteiger partial charge in [0.15, 0.2) is 0 Å². The van der Waals surface area contributed by atoms with E-state index in [0.29, 0.717) is 0 Å². The number of nitrogens with one attached hydrogen (secondary N) is 1. The second-order valence-corrected chi connectivity index (χ2v) is 6.97. The maximum absolute atomic E-state index is 3.73. The van der Waals surface area contributed by atoms with E-state index in [1.165, 1.54) is 31.2 Å². The Bertz CT molecular complexity index is 763. The number of halogens is 1. The predicted octanol–water partition coefficient (Wildman–Crippen LogP) is 5.67. The normalized spacial score (nSPS) is 12.7. The molecule has 1 heterocycles. The number of hydrogen-bond donors (Lipinski definition) is 1. The van der Waals surface area contributed by atoms with Crippen LogP contribution < -0.4 is 5.32 Å². The fourth-order valence-electron chi connectivity index (χ4n) is 2.68. The minimum absolute atomic E-state index is 0.223. The lowest BCUT2D eigenvalue weighted by Gasteiger charge is -2.20. The smallest absolute Gasteiger partial charge is 0.0602 e. The highest BCUT2D eigenvalue weighted by molar-refractivity contribution is 9.10. The minimum Gasteiger partial charge on any atom is -0.306 e. The van der Waals surface area contributed by atoms with Crippen LogP contribution in [0, 0.1) is 6.92 Å². The van der Waals surface area contributed by atoms with Crippen LogP contribution in [0.4, 0.5) is 0 Å². The summed E-state index contributed by atoms with van der Waals surface area (Å²) < 4.78 is 2.52. The van der Waals surface area contributed by atoms with E-state index >= 15 is 0 Å². The van der Waals surface area contributed by atoms with Gasteiger partial charge in [-0.25, -0.2) is 0 Å². The highest BCUT2D eigenvalue weighted by Crippen LogP contribution is 2.36. The van der Waals surface area contributed by atoms with Crippen molar-refractivity contribution in [2.75, 3.05) is 6.54 Å². The summed E-state index contributed by atoms with van der Waals surface area (Å²) in [5, 5.41) is 7.26. The van der Waals surface area contributed by atoms with Crippen molar-refractivity contribution in [1.82, 2.24) is 5.32 Å². The zero-order chi connectivity index (χ0) is 14.8. The van der Waals surface area contributed by atoms with Crippen molar-refractivity contribution in [3.63, 3.8) is 0 Å². The van der Waals surface area contributed by atoms with E-state index in [4.69, 9.17) is 0 Å². The molecule has 0 amide bonds. The molecular weight excluding hydrogens is 342 g/mol.